The van der Waals surface area contributed by atoms with E-state index in [4.69, 9.17) is 0 Å². The van der Waals surface area contributed by atoms with E-state index in [1.807, 2.05) is 0 Å². The molecule has 0 atom stereocenters. The molecule has 0 aliphatic heterocycles. The molecule has 1 heterocycles. The summed E-state index contributed by atoms with van der Waals surface area (Å²) in [5.41, 5.74) is 0. The fourth-order valence-electron chi connectivity index (χ4n) is 4.29. The maximum absolute atomic E-state index is 2.50. The lowest BCUT2D eigenvalue weighted by Gasteiger charge is -2.04. The van der Waals surface area contributed by atoms with Crippen molar-refractivity contribution in [1.29, 1.82) is 0 Å². The molecule has 0 aliphatic rings. The molecular formula is C26H51N2+. The first-order valence-electron chi connectivity index (χ1n) is 12.9. The Morgan fingerprint density at radius 3 is 1.54 bits per heavy atom. The Morgan fingerprint density at radius 2 is 1.07 bits per heavy atom. The van der Waals surface area contributed by atoms with Gasteiger partial charge in [0, 0.05) is 6.42 Å². The Labute approximate surface area is 177 Å². The summed E-state index contributed by atoms with van der Waals surface area (Å²) in [6.07, 6.45) is 29.9. The van der Waals surface area contributed by atoms with Gasteiger partial charge in [-0.3, -0.25) is 0 Å². The van der Waals surface area contributed by atoms with Gasteiger partial charge in [0.05, 0.1) is 13.1 Å². The normalized spacial score (nSPS) is 11.4. The lowest BCUT2D eigenvalue weighted by atomic mass is 10.0. The summed E-state index contributed by atoms with van der Waals surface area (Å²) in [6.45, 7) is 9.26. The minimum Gasteiger partial charge on any atom is -0.234 e. The third-order valence-corrected chi connectivity index (χ3v) is 6.16. The van der Waals surface area contributed by atoms with Crippen LogP contribution in [-0.2, 0) is 19.5 Å². The number of aromatic nitrogens is 2. The van der Waals surface area contributed by atoms with E-state index in [0.29, 0.717) is 0 Å². The van der Waals surface area contributed by atoms with Gasteiger partial charge in [-0.15, -0.1) is 0 Å². The highest BCUT2D eigenvalue weighted by molar-refractivity contribution is 4.82. The molecule has 0 unspecified atom stereocenters. The van der Waals surface area contributed by atoms with Crippen molar-refractivity contribution < 1.29 is 4.57 Å². The van der Waals surface area contributed by atoms with E-state index < -0.39 is 0 Å². The van der Waals surface area contributed by atoms with Crippen LogP contribution in [-0.4, -0.2) is 4.57 Å². The molecule has 0 amide bonds. The van der Waals surface area contributed by atoms with Gasteiger partial charge in [-0.2, -0.15) is 0 Å². The number of aryl methyl sites for hydroxylation is 2. The second-order valence-corrected chi connectivity index (χ2v) is 8.76. The highest BCUT2D eigenvalue weighted by atomic mass is 15.1. The van der Waals surface area contributed by atoms with Gasteiger partial charge in [0.1, 0.15) is 12.4 Å². The second-order valence-electron chi connectivity index (χ2n) is 8.76. The topological polar surface area (TPSA) is 8.81 Å². The van der Waals surface area contributed by atoms with Crippen molar-refractivity contribution in [3.8, 4) is 0 Å². The SMILES string of the molecule is CCCCCCCCCCCCCCCCC[n+]1ccn(CCCC)c1CC. The van der Waals surface area contributed by atoms with Crippen molar-refractivity contribution in [3.63, 3.8) is 0 Å². The van der Waals surface area contributed by atoms with E-state index in [1.54, 1.807) is 0 Å². The summed E-state index contributed by atoms with van der Waals surface area (Å²) in [5.74, 6) is 1.51. The van der Waals surface area contributed by atoms with Crippen LogP contribution >= 0.6 is 0 Å². The third-order valence-electron chi connectivity index (χ3n) is 6.16. The van der Waals surface area contributed by atoms with Crippen molar-refractivity contribution in [3.05, 3.63) is 18.2 Å². The molecule has 0 aromatic carbocycles. The van der Waals surface area contributed by atoms with Gasteiger partial charge in [0.25, 0.3) is 5.82 Å². The van der Waals surface area contributed by atoms with E-state index in [-0.39, 0.29) is 0 Å². The molecule has 2 nitrogen and oxygen atoms in total. The quantitative estimate of drug-likeness (QED) is 0.157. The molecule has 28 heavy (non-hydrogen) atoms. The molecular weight excluding hydrogens is 340 g/mol. The number of rotatable bonds is 20. The number of hydrogen-bond acceptors (Lipinski definition) is 0. The Morgan fingerprint density at radius 1 is 0.607 bits per heavy atom. The van der Waals surface area contributed by atoms with Crippen LogP contribution in [0.15, 0.2) is 12.4 Å². The fraction of sp³-hybridized carbons (Fsp3) is 0.885. The third kappa shape index (κ3) is 11.9. The van der Waals surface area contributed by atoms with E-state index in [9.17, 15) is 0 Å². The van der Waals surface area contributed by atoms with Crippen LogP contribution in [0.4, 0.5) is 0 Å². The van der Waals surface area contributed by atoms with Gasteiger partial charge >= 0.3 is 0 Å². The van der Waals surface area contributed by atoms with E-state index in [1.165, 1.54) is 128 Å². The van der Waals surface area contributed by atoms with Gasteiger partial charge in [0.15, 0.2) is 0 Å². The van der Waals surface area contributed by atoms with E-state index >= 15 is 0 Å². The predicted octanol–water partition coefficient (Wildman–Crippen LogP) is 8.01. The van der Waals surface area contributed by atoms with E-state index in [2.05, 4.69) is 42.3 Å². The van der Waals surface area contributed by atoms with Crippen molar-refractivity contribution in [2.24, 2.45) is 0 Å². The first-order valence-corrected chi connectivity index (χ1v) is 12.9. The molecule has 0 N–H and O–H groups in total. The number of nitrogens with zero attached hydrogens (tertiary/aromatic N) is 2. The lowest BCUT2D eigenvalue weighted by Crippen LogP contribution is -2.37. The summed E-state index contributed by atoms with van der Waals surface area (Å²) in [6, 6.07) is 0. The minimum atomic E-state index is 1.15. The minimum absolute atomic E-state index is 1.15. The molecule has 0 bridgehead atoms. The lowest BCUT2D eigenvalue weighted by molar-refractivity contribution is -0.704. The zero-order valence-electron chi connectivity index (χ0n) is 19.7. The highest BCUT2D eigenvalue weighted by Crippen LogP contribution is 2.13. The van der Waals surface area contributed by atoms with Crippen LogP contribution < -0.4 is 4.57 Å². The maximum atomic E-state index is 2.50. The Kier molecular flexibility index (Phi) is 16.5. The molecule has 0 saturated carbocycles. The molecule has 1 rings (SSSR count). The van der Waals surface area contributed by atoms with Gasteiger partial charge in [0.2, 0.25) is 0 Å². The molecule has 1 aromatic rings. The highest BCUT2D eigenvalue weighted by Gasteiger charge is 2.13. The van der Waals surface area contributed by atoms with Gasteiger partial charge in [-0.25, -0.2) is 9.13 Å². The number of imidazole rings is 1. The van der Waals surface area contributed by atoms with Crippen LogP contribution in [0.25, 0.3) is 0 Å². The van der Waals surface area contributed by atoms with Crippen LogP contribution in [0.1, 0.15) is 136 Å². The summed E-state index contributed by atoms with van der Waals surface area (Å²) in [7, 11) is 0. The van der Waals surface area contributed by atoms with Crippen LogP contribution in [0.5, 0.6) is 0 Å². The molecule has 2 heteroatoms. The molecule has 164 valence electrons. The molecule has 0 spiro atoms. The smallest absolute Gasteiger partial charge is 0.234 e. The molecule has 0 saturated heterocycles. The summed E-state index contributed by atoms with van der Waals surface area (Å²) in [5, 5.41) is 0. The van der Waals surface area contributed by atoms with Gasteiger partial charge < -0.3 is 0 Å². The van der Waals surface area contributed by atoms with Crippen LogP contribution in [0, 0.1) is 0 Å². The van der Waals surface area contributed by atoms with E-state index in [0.717, 1.165) is 6.42 Å². The predicted molar refractivity (Wildman–Crippen MR) is 124 cm³/mol. The van der Waals surface area contributed by atoms with Crippen molar-refractivity contribution in [2.45, 2.75) is 149 Å². The monoisotopic (exact) mass is 391 g/mol. The standard InChI is InChI=1S/C26H51N2/c1-4-7-9-10-11-12-13-14-15-16-17-18-19-20-21-23-28-25-24-27(22-8-5-2)26(28)6-3/h24-25H,4-23H2,1-3H3/q+1. The van der Waals surface area contributed by atoms with Crippen molar-refractivity contribution >= 4 is 0 Å². The molecule has 0 radical (unpaired) electrons. The average molecular weight is 392 g/mol. The summed E-state index contributed by atoms with van der Waals surface area (Å²) in [4.78, 5) is 0. The maximum Gasteiger partial charge on any atom is 0.256 e. The summed E-state index contributed by atoms with van der Waals surface area (Å²) >= 11 is 0. The Bertz CT molecular complexity index is 449. The van der Waals surface area contributed by atoms with Crippen molar-refractivity contribution in [1.82, 2.24) is 4.57 Å². The largest absolute Gasteiger partial charge is 0.256 e. The first kappa shape index (κ1) is 25.2. The molecule has 0 fully saturated rings. The van der Waals surface area contributed by atoms with Crippen molar-refractivity contribution in [2.75, 3.05) is 0 Å². The number of hydrogen-bond donors (Lipinski definition) is 0. The van der Waals surface area contributed by atoms with Gasteiger partial charge in [-0.05, 0) is 19.3 Å². The molecule has 0 aliphatic carbocycles. The fourth-order valence-corrected chi connectivity index (χ4v) is 4.29. The first-order chi connectivity index (χ1) is 13.8. The Hall–Kier alpha value is -0.790. The number of unbranched alkanes of at least 4 members (excludes halogenated alkanes) is 15. The second kappa shape index (κ2) is 18.3. The Balaban J connectivity index is 1.92. The zero-order valence-corrected chi connectivity index (χ0v) is 19.7. The summed E-state index contributed by atoms with van der Waals surface area (Å²) < 4.78 is 4.96. The van der Waals surface area contributed by atoms with Gasteiger partial charge in [-0.1, -0.05) is 111 Å². The van der Waals surface area contributed by atoms with Crippen LogP contribution in [0.3, 0.4) is 0 Å². The van der Waals surface area contributed by atoms with Crippen LogP contribution in [0.2, 0.25) is 0 Å². The average Bonchev–Trinajstić information content (AvgIpc) is 3.11. The zero-order chi connectivity index (χ0) is 20.3. The molecule has 1 aromatic heterocycles.